The molecule has 0 spiro atoms. The number of hydrogen-bond donors (Lipinski definition) is 2. The van der Waals surface area contributed by atoms with E-state index in [0.29, 0.717) is 16.9 Å². The smallest absolute Gasteiger partial charge is 0.325 e. The van der Waals surface area contributed by atoms with Crippen molar-refractivity contribution in [2.24, 2.45) is 0 Å². The third kappa shape index (κ3) is 3.76. The SMILES string of the molecule is O=C(O)C1NC(S(=O)(=O)C2=CC=CCN2Oc2ccccc2)Cc2ccccc21. The number of hydroxylamine groups is 2. The van der Waals surface area contributed by atoms with Gasteiger partial charge in [-0.25, -0.2) is 8.42 Å². The van der Waals surface area contributed by atoms with Crippen molar-refractivity contribution in [3.8, 4) is 5.75 Å². The maximum absolute atomic E-state index is 13.4. The molecule has 2 N–H and O–H groups in total. The van der Waals surface area contributed by atoms with Crippen LogP contribution in [0.4, 0.5) is 0 Å². The number of carbonyl (C=O) groups is 1. The maximum atomic E-state index is 13.4. The molecule has 2 atom stereocenters. The van der Waals surface area contributed by atoms with Gasteiger partial charge >= 0.3 is 5.97 Å². The van der Waals surface area contributed by atoms with Crippen molar-refractivity contribution in [2.75, 3.05) is 6.54 Å². The second-order valence-electron chi connectivity index (χ2n) is 6.77. The van der Waals surface area contributed by atoms with E-state index in [1.54, 1.807) is 60.7 Å². The average Bonchev–Trinajstić information content (AvgIpc) is 2.74. The van der Waals surface area contributed by atoms with Gasteiger partial charge in [0, 0.05) is 6.42 Å². The Bertz CT molecular complexity index is 1080. The van der Waals surface area contributed by atoms with Crippen molar-refractivity contribution in [1.29, 1.82) is 0 Å². The number of rotatable bonds is 5. The molecule has 29 heavy (non-hydrogen) atoms. The molecule has 2 aliphatic heterocycles. The number of para-hydroxylation sites is 1. The van der Waals surface area contributed by atoms with Crippen LogP contribution < -0.4 is 10.2 Å². The number of nitrogens with one attached hydrogen (secondary N) is 1. The first kappa shape index (κ1) is 19.2. The molecule has 0 amide bonds. The molecule has 8 heteroatoms. The van der Waals surface area contributed by atoms with Gasteiger partial charge in [-0.2, -0.15) is 5.06 Å². The summed E-state index contributed by atoms with van der Waals surface area (Å²) in [6.07, 6.45) is 5.08. The fourth-order valence-corrected chi connectivity index (χ4v) is 5.16. The molecule has 2 unspecified atom stereocenters. The van der Waals surface area contributed by atoms with Crippen LogP contribution in [0.15, 0.2) is 77.9 Å². The first-order valence-corrected chi connectivity index (χ1v) is 10.7. The number of fused-ring (bicyclic) bond motifs is 1. The molecule has 2 heterocycles. The van der Waals surface area contributed by atoms with Crippen LogP contribution in [0.3, 0.4) is 0 Å². The van der Waals surface area contributed by atoms with Crippen LogP contribution in [-0.2, 0) is 21.1 Å². The fraction of sp³-hybridized carbons (Fsp3) is 0.190. The topological polar surface area (TPSA) is 95.9 Å². The number of nitrogens with zero attached hydrogens (tertiary/aromatic N) is 1. The number of sulfone groups is 1. The molecular formula is C21H20N2O5S. The summed E-state index contributed by atoms with van der Waals surface area (Å²) in [5.41, 5.74) is 1.29. The van der Waals surface area contributed by atoms with Crippen LogP contribution >= 0.6 is 0 Å². The van der Waals surface area contributed by atoms with Gasteiger partial charge in [-0.1, -0.05) is 54.6 Å². The fourth-order valence-electron chi connectivity index (χ4n) is 3.49. The van der Waals surface area contributed by atoms with Gasteiger partial charge in [0.15, 0.2) is 10.8 Å². The summed E-state index contributed by atoms with van der Waals surface area (Å²) in [5.74, 6) is -0.610. The van der Waals surface area contributed by atoms with Gasteiger partial charge in [-0.15, -0.1) is 0 Å². The standard InChI is InChI=1S/C21H20N2O5S/c24-21(25)20-17-11-5-4-8-15(17)14-18(22-20)29(26,27)19-12-6-7-13-23(19)28-16-9-2-1-3-10-16/h1-12,18,20,22H,13-14H2,(H,24,25). The van der Waals surface area contributed by atoms with Crippen molar-refractivity contribution in [3.63, 3.8) is 0 Å². The molecule has 4 rings (SSSR count). The number of benzene rings is 2. The lowest BCUT2D eigenvalue weighted by Gasteiger charge is -2.34. The second kappa shape index (κ2) is 7.73. The number of carboxylic acid groups (broad SMARTS) is 1. The van der Waals surface area contributed by atoms with E-state index in [1.165, 1.54) is 11.1 Å². The van der Waals surface area contributed by atoms with Crippen molar-refractivity contribution in [2.45, 2.75) is 17.8 Å². The Labute approximate surface area is 168 Å². The molecule has 2 aromatic carbocycles. The van der Waals surface area contributed by atoms with E-state index in [9.17, 15) is 18.3 Å². The number of aliphatic carboxylic acids is 1. The van der Waals surface area contributed by atoms with Crippen LogP contribution in [0.25, 0.3) is 0 Å². The average molecular weight is 412 g/mol. The van der Waals surface area contributed by atoms with Gasteiger partial charge in [0.2, 0.25) is 9.84 Å². The van der Waals surface area contributed by atoms with Crippen LogP contribution in [0.5, 0.6) is 5.75 Å². The summed E-state index contributed by atoms with van der Waals surface area (Å²) in [4.78, 5) is 17.5. The van der Waals surface area contributed by atoms with Crippen LogP contribution in [0.2, 0.25) is 0 Å². The Morgan fingerprint density at radius 1 is 1.10 bits per heavy atom. The lowest BCUT2D eigenvalue weighted by Crippen LogP contribution is -2.49. The first-order chi connectivity index (χ1) is 14.0. The van der Waals surface area contributed by atoms with Gasteiger partial charge in [0.1, 0.15) is 11.4 Å². The van der Waals surface area contributed by atoms with Gasteiger partial charge in [0.05, 0.1) is 6.54 Å². The van der Waals surface area contributed by atoms with Crippen molar-refractivity contribution in [3.05, 3.63) is 89.0 Å². The zero-order valence-electron chi connectivity index (χ0n) is 15.4. The monoisotopic (exact) mass is 412 g/mol. The molecule has 7 nitrogen and oxygen atoms in total. The normalized spacial score (nSPS) is 21.2. The molecular weight excluding hydrogens is 392 g/mol. The summed E-state index contributed by atoms with van der Waals surface area (Å²) in [6.45, 7) is 0.256. The molecule has 2 aliphatic rings. The van der Waals surface area contributed by atoms with Gasteiger partial charge < -0.3 is 9.94 Å². The Kier molecular flexibility index (Phi) is 5.12. The third-order valence-corrected chi connectivity index (χ3v) is 6.86. The second-order valence-corrected chi connectivity index (χ2v) is 8.85. The number of allylic oxidation sites excluding steroid dienone is 2. The predicted molar refractivity (Wildman–Crippen MR) is 107 cm³/mol. The molecule has 0 radical (unpaired) electrons. The van der Waals surface area contributed by atoms with Gasteiger partial charge in [-0.05, 0) is 29.3 Å². The minimum absolute atomic E-state index is 0.00938. The van der Waals surface area contributed by atoms with Crippen LogP contribution in [0.1, 0.15) is 17.2 Å². The quantitative estimate of drug-likeness (QED) is 0.779. The molecule has 2 aromatic rings. The minimum Gasteiger partial charge on any atom is -0.480 e. The van der Waals surface area contributed by atoms with E-state index in [4.69, 9.17) is 4.84 Å². The molecule has 0 saturated heterocycles. The molecule has 150 valence electrons. The van der Waals surface area contributed by atoms with Crippen molar-refractivity contribution < 1.29 is 23.2 Å². The zero-order chi connectivity index (χ0) is 20.4. The number of carboxylic acids is 1. The van der Waals surface area contributed by atoms with E-state index >= 15 is 0 Å². The molecule has 0 fully saturated rings. The molecule has 0 bridgehead atoms. The van der Waals surface area contributed by atoms with E-state index in [-0.39, 0.29) is 18.0 Å². The highest BCUT2D eigenvalue weighted by atomic mass is 32.2. The molecule has 0 saturated carbocycles. The predicted octanol–water partition coefficient (Wildman–Crippen LogP) is 2.41. The van der Waals surface area contributed by atoms with E-state index in [2.05, 4.69) is 5.32 Å². The summed E-state index contributed by atoms with van der Waals surface area (Å²) in [5, 5.41) is 12.6. The highest BCUT2D eigenvalue weighted by Gasteiger charge is 2.41. The maximum Gasteiger partial charge on any atom is 0.325 e. The Morgan fingerprint density at radius 3 is 2.59 bits per heavy atom. The van der Waals surface area contributed by atoms with E-state index < -0.39 is 27.2 Å². The largest absolute Gasteiger partial charge is 0.480 e. The summed E-state index contributed by atoms with van der Waals surface area (Å²) in [6, 6.07) is 14.8. The van der Waals surface area contributed by atoms with Crippen LogP contribution in [0, 0.1) is 0 Å². The molecule has 0 aromatic heterocycles. The van der Waals surface area contributed by atoms with Gasteiger partial charge in [-0.3, -0.25) is 10.1 Å². The highest BCUT2D eigenvalue weighted by molar-refractivity contribution is 7.95. The Hall–Kier alpha value is -3.10. The summed E-state index contributed by atoms with van der Waals surface area (Å²) >= 11 is 0. The Balaban J connectivity index is 1.65. The zero-order valence-corrected chi connectivity index (χ0v) is 16.2. The lowest BCUT2D eigenvalue weighted by molar-refractivity contribution is -0.139. The van der Waals surface area contributed by atoms with Crippen molar-refractivity contribution >= 4 is 15.8 Å². The third-order valence-electron chi connectivity index (χ3n) is 4.89. The summed E-state index contributed by atoms with van der Waals surface area (Å²) < 4.78 is 26.9. The van der Waals surface area contributed by atoms with Gasteiger partial charge in [0.25, 0.3) is 0 Å². The van der Waals surface area contributed by atoms with Crippen molar-refractivity contribution in [1.82, 2.24) is 10.4 Å². The number of hydrogen-bond acceptors (Lipinski definition) is 6. The highest BCUT2D eigenvalue weighted by Crippen LogP contribution is 2.31. The van der Waals surface area contributed by atoms with E-state index in [0.717, 1.165) is 0 Å². The lowest BCUT2D eigenvalue weighted by atomic mass is 9.94. The molecule has 0 aliphatic carbocycles. The van der Waals surface area contributed by atoms with Crippen LogP contribution in [-0.4, -0.2) is 36.5 Å². The summed E-state index contributed by atoms with van der Waals surface area (Å²) in [7, 11) is -3.93. The minimum atomic E-state index is -3.93. The Morgan fingerprint density at radius 2 is 1.83 bits per heavy atom. The van der Waals surface area contributed by atoms with E-state index in [1.807, 2.05) is 6.07 Å². The first-order valence-electron chi connectivity index (χ1n) is 9.15.